The first-order valence-corrected chi connectivity index (χ1v) is 4.56. The standard InChI is InChI=1S/C9H16O4/c1-12-9(11)6-7-2-4-13-5-3-8(7)10/h7-8,10H,2-6H2,1H3/t7-,8-/m1/s1. The number of aliphatic hydroxyl groups excluding tert-OH is 1. The van der Waals surface area contributed by atoms with Crippen LogP contribution in [0.25, 0.3) is 0 Å². The lowest BCUT2D eigenvalue weighted by Crippen LogP contribution is -2.23. The molecule has 0 aliphatic carbocycles. The summed E-state index contributed by atoms with van der Waals surface area (Å²) in [6.07, 6.45) is 1.21. The Kier molecular flexibility index (Phi) is 4.18. The first kappa shape index (κ1) is 10.5. The van der Waals surface area contributed by atoms with E-state index < -0.39 is 6.10 Å². The number of aliphatic hydroxyl groups is 1. The monoisotopic (exact) mass is 188 g/mol. The summed E-state index contributed by atoms with van der Waals surface area (Å²) in [6.45, 7) is 1.21. The quantitative estimate of drug-likeness (QED) is 0.635. The third-order valence-corrected chi connectivity index (χ3v) is 2.39. The molecule has 0 unspecified atom stereocenters. The number of ether oxygens (including phenoxy) is 2. The maximum atomic E-state index is 11.0. The minimum atomic E-state index is -0.429. The van der Waals surface area contributed by atoms with Crippen LogP contribution in [0.15, 0.2) is 0 Å². The lowest BCUT2D eigenvalue weighted by atomic mass is 9.94. The van der Waals surface area contributed by atoms with Crippen molar-refractivity contribution in [1.82, 2.24) is 0 Å². The van der Waals surface area contributed by atoms with Crippen molar-refractivity contribution in [3.63, 3.8) is 0 Å². The molecular formula is C9H16O4. The fourth-order valence-electron chi connectivity index (χ4n) is 1.50. The second-order valence-electron chi connectivity index (χ2n) is 3.30. The van der Waals surface area contributed by atoms with Crippen LogP contribution in [-0.2, 0) is 14.3 Å². The molecule has 1 aliphatic heterocycles. The molecule has 1 fully saturated rings. The Morgan fingerprint density at radius 2 is 2.23 bits per heavy atom. The van der Waals surface area contributed by atoms with E-state index in [-0.39, 0.29) is 11.9 Å². The second kappa shape index (κ2) is 5.19. The largest absolute Gasteiger partial charge is 0.469 e. The minimum absolute atomic E-state index is 0.00468. The molecule has 0 radical (unpaired) electrons. The van der Waals surface area contributed by atoms with Gasteiger partial charge in [0.15, 0.2) is 0 Å². The highest BCUT2D eigenvalue weighted by Crippen LogP contribution is 2.20. The summed E-state index contributed by atoms with van der Waals surface area (Å²) in [5, 5.41) is 9.61. The van der Waals surface area contributed by atoms with Crippen LogP contribution in [0.2, 0.25) is 0 Å². The summed E-state index contributed by atoms with van der Waals surface area (Å²) in [5.74, 6) is -0.263. The van der Waals surface area contributed by atoms with Gasteiger partial charge in [0.1, 0.15) is 0 Å². The Balaban J connectivity index is 2.40. The molecule has 0 aromatic heterocycles. The SMILES string of the molecule is COC(=O)C[C@H]1CCOCC[C@H]1O. The number of methoxy groups -OCH3 is 1. The summed E-state index contributed by atoms with van der Waals surface area (Å²) in [5.41, 5.74) is 0. The van der Waals surface area contributed by atoms with Gasteiger partial charge in [-0.05, 0) is 18.8 Å². The van der Waals surface area contributed by atoms with Crippen molar-refractivity contribution in [2.75, 3.05) is 20.3 Å². The average Bonchev–Trinajstić information content (AvgIpc) is 2.32. The van der Waals surface area contributed by atoms with Gasteiger partial charge in [-0.15, -0.1) is 0 Å². The molecule has 1 N–H and O–H groups in total. The van der Waals surface area contributed by atoms with Gasteiger partial charge in [-0.2, -0.15) is 0 Å². The van der Waals surface area contributed by atoms with Crippen LogP contribution in [0.5, 0.6) is 0 Å². The van der Waals surface area contributed by atoms with Gasteiger partial charge in [-0.25, -0.2) is 0 Å². The zero-order valence-corrected chi connectivity index (χ0v) is 7.86. The molecule has 76 valence electrons. The zero-order valence-electron chi connectivity index (χ0n) is 7.86. The van der Waals surface area contributed by atoms with Gasteiger partial charge in [0.05, 0.1) is 19.6 Å². The molecule has 4 nitrogen and oxygen atoms in total. The van der Waals surface area contributed by atoms with E-state index in [1.165, 1.54) is 7.11 Å². The smallest absolute Gasteiger partial charge is 0.305 e. The van der Waals surface area contributed by atoms with Crippen molar-refractivity contribution in [2.24, 2.45) is 5.92 Å². The normalized spacial score (nSPS) is 29.4. The molecule has 1 aliphatic rings. The van der Waals surface area contributed by atoms with Gasteiger partial charge in [-0.1, -0.05) is 0 Å². The molecule has 0 saturated carbocycles. The molecule has 1 saturated heterocycles. The minimum Gasteiger partial charge on any atom is -0.469 e. The van der Waals surface area contributed by atoms with Crippen LogP contribution in [0, 0.1) is 5.92 Å². The third kappa shape index (κ3) is 3.32. The van der Waals surface area contributed by atoms with Gasteiger partial charge in [0.2, 0.25) is 0 Å². The van der Waals surface area contributed by atoms with Gasteiger partial charge >= 0.3 is 5.97 Å². The van der Waals surface area contributed by atoms with Crippen LogP contribution in [-0.4, -0.2) is 37.5 Å². The van der Waals surface area contributed by atoms with Gasteiger partial charge in [0, 0.05) is 13.2 Å². The van der Waals surface area contributed by atoms with Crippen LogP contribution in [0.1, 0.15) is 19.3 Å². The third-order valence-electron chi connectivity index (χ3n) is 2.39. The molecule has 13 heavy (non-hydrogen) atoms. The zero-order chi connectivity index (χ0) is 9.68. The Morgan fingerprint density at radius 1 is 1.54 bits per heavy atom. The molecular weight excluding hydrogens is 172 g/mol. The van der Waals surface area contributed by atoms with E-state index in [9.17, 15) is 9.90 Å². The lowest BCUT2D eigenvalue weighted by molar-refractivity contribution is -0.142. The van der Waals surface area contributed by atoms with Crippen molar-refractivity contribution in [3.05, 3.63) is 0 Å². The van der Waals surface area contributed by atoms with Gasteiger partial charge < -0.3 is 14.6 Å². The predicted molar refractivity (Wildman–Crippen MR) is 46.2 cm³/mol. The van der Waals surface area contributed by atoms with Crippen LogP contribution in [0.3, 0.4) is 0 Å². The van der Waals surface area contributed by atoms with Gasteiger partial charge in [0.25, 0.3) is 0 Å². The van der Waals surface area contributed by atoms with Crippen molar-refractivity contribution in [2.45, 2.75) is 25.4 Å². The van der Waals surface area contributed by atoms with Crippen molar-refractivity contribution >= 4 is 5.97 Å². The Hall–Kier alpha value is -0.610. The highest BCUT2D eigenvalue weighted by molar-refractivity contribution is 5.69. The molecule has 0 bridgehead atoms. The van der Waals surface area contributed by atoms with E-state index in [0.29, 0.717) is 26.1 Å². The number of esters is 1. The Labute approximate surface area is 77.8 Å². The average molecular weight is 188 g/mol. The molecule has 0 spiro atoms. The van der Waals surface area contributed by atoms with Crippen molar-refractivity contribution in [3.8, 4) is 0 Å². The number of carbonyl (C=O) groups excluding carboxylic acids is 1. The molecule has 0 aromatic carbocycles. The van der Waals surface area contributed by atoms with E-state index in [1.54, 1.807) is 0 Å². The molecule has 0 amide bonds. The fraction of sp³-hybridized carbons (Fsp3) is 0.889. The summed E-state index contributed by atoms with van der Waals surface area (Å²) in [7, 11) is 1.36. The van der Waals surface area contributed by atoms with Crippen molar-refractivity contribution in [1.29, 1.82) is 0 Å². The number of hydrogen-bond acceptors (Lipinski definition) is 4. The molecule has 1 rings (SSSR count). The first-order chi connectivity index (χ1) is 6.24. The van der Waals surface area contributed by atoms with E-state index in [4.69, 9.17) is 4.74 Å². The number of hydrogen-bond donors (Lipinski definition) is 1. The molecule has 4 heteroatoms. The van der Waals surface area contributed by atoms with E-state index in [2.05, 4.69) is 4.74 Å². The van der Waals surface area contributed by atoms with Crippen LogP contribution >= 0.6 is 0 Å². The summed E-state index contributed by atoms with van der Waals surface area (Å²) in [4.78, 5) is 11.0. The van der Waals surface area contributed by atoms with Crippen LogP contribution < -0.4 is 0 Å². The molecule has 1 heterocycles. The summed E-state index contributed by atoms with van der Waals surface area (Å²) >= 11 is 0. The predicted octanol–water partition coefficient (Wildman–Crippen LogP) is 0.337. The summed E-state index contributed by atoms with van der Waals surface area (Å²) < 4.78 is 9.75. The lowest BCUT2D eigenvalue weighted by Gasteiger charge is -2.17. The maximum absolute atomic E-state index is 11.0. The van der Waals surface area contributed by atoms with Crippen molar-refractivity contribution < 1.29 is 19.4 Å². The number of rotatable bonds is 2. The van der Waals surface area contributed by atoms with E-state index >= 15 is 0 Å². The Bertz CT molecular complexity index is 169. The highest BCUT2D eigenvalue weighted by Gasteiger charge is 2.24. The fourth-order valence-corrected chi connectivity index (χ4v) is 1.50. The van der Waals surface area contributed by atoms with Gasteiger partial charge in [-0.3, -0.25) is 4.79 Å². The van der Waals surface area contributed by atoms with E-state index in [0.717, 1.165) is 6.42 Å². The number of carbonyl (C=O) groups is 1. The molecule has 0 aromatic rings. The van der Waals surface area contributed by atoms with Crippen LogP contribution in [0.4, 0.5) is 0 Å². The van der Waals surface area contributed by atoms with E-state index in [1.807, 2.05) is 0 Å². The molecule has 2 atom stereocenters. The topological polar surface area (TPSA) is 55.8 Å². The second-order valence-corrected chi connectivity index (χ2v) is 3.30. The first-order valence-electron chi connectivity index (χ1n) is 4.56. The highest BCUT2D eigenvalue weighted by atomic mass is 16.5. The Morgan fingerprint density at radius 3 is 2.92 bits per heavy atom. The summed E-state index contributed by atoms with van der Waals surface area (Å²) in [6, 6.07) is 0. The maximum Gasteiger partial charge on any atom is 0.305 e.